The van der Waals surface area contributed by atoms with Crippen LogP contribution in [-0.2, 0) is 6.42 Å². The summed E-state index contributed by atoms with van der Waals surface area (Å²) in [6, 6.07) is 6.86. The Hall–Kier alpha value is -0.550. The van der Waals surface area contributed by atoms with E-state index in [2.05, 4.69) is 15.9 Å². The Balaban J connectivity index is 2.80. The summed E-state index contributed by atoms with van der Waals surface area (Å²) in [7, 11) is 0. The molecule has 0 saturated heterocycles. The molecule has 0 amide bonds. The summed E-state index contributed by atoms with van der Waals surface area (Å²) < 4.78 is 38.0. The zero-order chi connectivity index (χ0) is 11.5. The van der Waals surface area contributed by atoms with Gasteiger partial charge in [0.15, 0.2) is 0 Å². The highest BCUT2D eigenvalue weighted by Crippen LogP contribution is 2.30. The van der Waals surface area contributed by atoms with Gasteiger partial charge in [-0.2, -0.15) is 13.2 Å². The third-order valence-electron chi connectivity index (χ3n) is 2.17. The first-order chi connectivity index (χ1) is 6.95. The lowest BCUT2D eigenvalue weighted by Crippen LogP contribution is -2.32. The molecule has 1 nitrogen and oxygen atoms in total. The van der Waals surface area contributed by atoms with Crippen molar-refractivity contribution in [3.63, 3.8) is 0 Å². The van der Waals surface area contributed by atoms with Gasteiger partial charge in [-0.1, -0.05) is 34.1 Å². The van der Waals surface area contributed by atoms with Crippen LogP contribution in [-0.4, -0.2) is 12.7 Å². The molecule has 0 bridgehead atoms. The summed E-state index contributed by atoms with van der Waals surface area (Å²) in [4.78, 5) is 0. The first-order valence-corrected chi connectivity index (χ1v) is 5.24. The van der Waals surface area contributed by atoms with E-state index in [1.54, 1.807) is 24.3 Å². The Morgan fingerprint density at radius 3 is 2.33 bits per heavy atom. The van der Waals surface area contributed by atoms with E-state index in [0.717, 1.165) is 0 Å². The molecule has 0 saturated carbocycles. The van der Waals surface area contributed by atoms with Gasteiger partial charge in [0.2, 0.25) is 0 Å². The molecule has 0 spiro atoms. The molecular formula is C10H11BrF3N. The molecule has 5 heteroatoms. The molecular weight excluding hydrogens is 271 g/mol. The third kappa shape index (κ3) is 3.50. The van der Waals surface area contributed by atoms with Crippen molar-refractivity contribution >= 4 is 15.9 Å². The maximum Gasteiger partial charge on any atom is 0.393 e. The van der Waals surface area contributed by atoms with Gasteiger partial charge in [-0.15, -0.1) is 0 Å². The lowest BCUT2D eigenvalue weighted by molar-refractivity contribution is -0.171. The molecule has 0 aliphatic rings. The first kappa shape index (κ1) is 12.5. The van der Waals surface area contributed by atoms with E-state index in [1.165, 1.54) is 0 Å². The molecule has 84 valence electrons. The Bertz CT molecular complexity index is 325. The summed E-state index contributed by atoms with van der Waals surface area (Å²) in [6.45, 7) is -0.384. The number of rotatable bonds is 3. The maximum absolute atomic E-state index is 12.4. The molecule has 1 unspecified atom stereocenters. The number of alkyl halides is 3. The van der Waals surface area contributed by atoms with Gasteiger partial charge in [-0.25, -0.2) is 0 Å². The van der Waals surface area contributed by atoms with Crippen molar-refractivity contribution in [1.82, 2.24) is 0 Å². The summed E-state index contributed by atoms with van der Waals surface area (Å²) in [5.74, 6) is -1.48. The smallest absolute Gasteiger partial charge is 0.330 e. The second-order valence-corrected chi connectivity index (χ2v) is 4.12. The second kappa shape index (κ2) is 4.99. The second-order valence-electron chi connectivity index (χ2n) is 3.27. The topological polar surface area (TPSA) is 26.0 Å². The third-order valence-corrected chi connectivity index (χ3v) is 2.95. The van der Waals surface area contributed by atoms with E-state index in [1.807, 2.05) is 0 Å². The van der Waals surface area contributed by atoms with Crippen molar-refractivity contribution < 1.29 is 13.2 Å². The van der Waals surface area contributed by atoms with Crippen LogP contribution in [0.25, 0.3) is 0 Å². The monoisotopic (exact) mass is 281 g/mol. The molecule has 0 radical (unpaired) electrons. The van der Waals surface area contributed by atoms with Gasteiger partial charge >= 0.3 is 6.18 Å². The van der Waals surface area contributed by atoms with E-state index in [-0.39, 0.29) is 13.0 Å². The van der Waals surface area contributed by atoms with E-state index in [9.17, 15) is 13.2 Å². The van der Waals surface area contributed by atoms with Crippen molar-refractivity contribution in [1.29, 1.82) is 0 Å². The summed E-state index contributed by atoms with van der Waals surface area (Å²) in [5.41, 5.74) is 5.75. The number of hydrogen-bond donors (Lipinski definition) is 1. The molecule has 1 rings (SSSR count). The molecule has 1 aromatic carbocycles. The fourth-order valence-corrected chi connectivity index (χ4v) is 1.71. The van der Waals surface area contributed by atoms with Gasteiger partial charge in [0.1, 0.15) is 0 Å². The molecule has 1 atom stereocenters. The largest absolute Gasteiger partial charge is 0.393 e. The SMILES string of the molecule is NCC(Cc1ccccc1Br)C(F)(F)F. The van der Waals surface area contributed by atoms with Crippen molar-refractivity contribution in [2.45, 2.75) is 12.6 Å². The molecule has 0 aromatic heterocycles. The molecule has 0 fully saturated rings. The summed E-state index contributed by atoms with van der Waals surface area (Å²) in [6.07, 6.45) is -4.31. The average molecular weight is 282 g/mol. The number of hydrogen-bond acceptors (Lipinski definition) is 1. The zero-order valence-corrected chi connectivity index (χ0v) is 9.48. The van der Waals surface area contributed by atoms with Crippen LogP contribution < -0.4 is 5.73 Å². The minimum absolute atomic E-state index is 0.0819. The predicted octanol–water partition coefficient (Wildman–Crippen LogP) is 3.13. The molecule has 0 aliphatic heterocycles. The Kier molecular flexibility index (Phi) is 4.16. The van der Waals surface area contributed by atoms with Crippen LogP contribution in [0, 0.1) is 5.92 Å². The summed E-state index contributed by atoms with van der Waals surface area (Å²) in [5, 5.41) is 0. The van der Waals surface area contributed by atoms with Crippen LogP contribution in [0.5, 0.6) is 0 Å². The van der Waals surface area contributed by atoms with Gasteiger partial charge in [0.05, 0.1) is 5.92 Å². The van der Waals surface area contributed by atoms with Crippen LogP contribution in [0.15, 0.2) is 28.7 Å². The Labute approximate surface area is 94.6 Å². The van der Waals surface area contributed by atoms with Gasteiger partial charge in [-0.05, 0) is 18.1 Å². The number of benzene rings is 1. The molecule has 0 aliphatic carbocycles. The summed E-state index contributed by atoms with van der Waals surface area (Å²) >= 11 is 3.21. The van der Waals surface area contributed by atoms with Crippen LogP contribution in [0.4, 0.5) is 13.2 Å². The van der Waals surface area contributed by atoms with Crippen LogP contribution in [0.2, 0.25) is 0 Å². The van der Waals surface area contributed by atoms with Gasteiger partial charge < -0.3 is 5.73 Å². The molecule has 1 aromatic rings. The highest BCUT2D eigenvalue weighted by molar-refractivity contribution is 9.10. The Morgan fingerprint density at radius 2 is 1.87 bits per heavy atom. The average Bonchev–Trinajstić information content (AvgIpc) is 2.14. The standard InChI is InChI=1S/C10H11BrF3N/c11-9-4-2-1-3-7(9)5-8(6-15)10(12,13)14/h1-4,8H,5-6,15H2. The highest BCUT2D eigenvalue weighted by atomic mass is 79.9. The lowest BCUT2D eigenvalue weighted by Gasteiger charge is -2.18. The van der Waals surface area contributed by atoms with Crippen LogP contribution in [0.1, 0.15) is 5.56 Å². The quantitative estimate of drug-likeness (QED) is 0.905. The maximum atomic E-state index is 12.4. The minimum Gasteiger partial charge on any atom is -0.330 e. The lowest BCUT2D eigenvalue weighted by atomic mass is 9.99. The van der Waals surface area contributed by atoms with E-state index in [0.29, 0.717) is 10.0 Å². The van der Waals surface area contributed by atoms with Crippen molar-refractivity contribution in [2.75, 3.05) is 6.54 Å². The van der Waals surface area contributed by atoms with Gasteiger partial charge in [-0.3, -0.25) is 0 Å². The molecule has 0 heterocycles. The van der Waals surface area contributed by atoms with E-state index >= 15 is 0 Å². The zero-order valence-electron chi connectivity index (χ0n) is 7.89. The number of halogens is 4. The van der Waals surface area contributed by atoms with Gasteiger partial charge in [0, 0.05) is 11.0 Å². The molecule has 15 heavy (non-hydrogen) atoms. The normalized spacial score (nSPS) is 13.9. The highest BCUT2D eigenvalue weighted by Gasteiger charge is 2.38. The van der Waals surface area contributed by atoms with Crippen molar-refractivity contribution in [3.05, 3.63) is 34.3 Å². The van der Waals surface area contributed by atoms with E-state index < -0.39 is 12.1 Å². The predicted molar refractivity (Wildman–Crippen MR) is 56.4 cm³/mol. The fraction of sp³-hybridized carbons (Fsp3) is 0.400. The van der Waals surface area contributed by atoms with Crippen LogP contribution >= 0.6 is 15.9 Å². The van der Waals surface area contributed by atoms with Crippen molar-refractivity contribution in [2.24, 2.45) is 11.7 Å². The minimum atomic E-state index is -4.23. The Morgan fingerprint density at radius 1 is 1.27 bits per heavy atom. The first-order valence-electron chi connectivity index (χ1n) is 4.45. The number of nitrogens with two attached hydrogens (primary N) is 1. The fourth-order valence-electron chi connectivity index (χ4n) is 1.26. The molecule has 2 N–H and O–H groups in total. The van der Waals surface area contributed by atoms with E-state index in [4.69, 9.17) is 5.73 Å². The van der Waals surface area contributed by atoms with Crippen LogP contribution in [0.3, 0.4) is 0 Å². The van der Waals surface area contributed by atoms with Crippen molar-refractivity contribution in [3.8, 4) is 0 Å². The van der Waals surface area contributed by atoms with Gasteiger partial charge in [0.25, 0.3) is 0 Å².